The fourth-order valence-corrected chi connectivity index (χ4v) is 6.20. The largest absolute Gasteiger partial charge is 0.365 e. The van der Waals surface area contributed by atoms with Gasteiger partial charge in [-0.3, -0.25) is 10.1 Å². The number of sulfonamides is 1. The molecule has 0 bridgehead atoms. The Kier molecular flexibility index (Phi) is 7.27. The Bertz CT molecular complexity index is 904. The topological polar surface area (TPSA) is 98.9 Å². The highest BCUT2D eigenvalue weighted by molar-refractivity contribution is 8.00. The number of halogens is 1. The lowest BCUT2D eigenvalue weighted by atomic mass is 10.3. The van der Waals surface area contributed by atoms with E-state index in [1.54, 1.807) is 31.2 Å². The lowest BCUT2D eigenvalue weighted by Gasteiger charge is -2.18. The average molecular weight is 417 g/mol. The summed E-state index contributed by atoms with van der Waals surface area (Å²) in [6.07, 6.45) is 0. The van der Waals surface area contributed by atoms with E-state index in [4.69, 9.17) is 16.3 Å². The summed E-state index contributed by atoms with van der Waals surface area (Å²) >= 11 is 5.96. The van der Waals surface area contributed by atoms with E-state index in [9.17, 15) is 18.5 Å². The molecule has 1 unspecified atom stereocenters. The number of rotatable bonds is 8. The molecule has 0 heterocycles. The number of ether oxygens (including phenoxy) is 1. The standard InChI is InChI=1S/C16H17ClN2O5S2/c1-2-24-16(12-17)25(15-11-7-6-10-14(15)19(20)21)18-26(22,23)13-8-4-3-5-9-13/h3-11,16H,2,12H2,1H3/t16-,25?/m0/s1. The lowest BCUT2D eigenvalue weighted by Crippen LogP contribution is -2.23. The van der Waals surface area contributed by atoms with Gasteiger partial charge in [0.05, 0.1) is 20.6 Å². The number of hydrogen-bond acceptors (Lipinski definition) is 5. The summed E-state index contributed by atoms with van der Waals surface area (Å²) in [5.41, 5.74) is -1.03. The summed E-state index contributed by atoms with van der Waals surface area (Å²) in [6.45, 7) is 1.99. The minimum absolute atomic E-state index is 0.000838. The van der Waals surface area contributed by atoms with Crippen LogP contribution in [0.15, 0.2) is 68.2 Å². The second-order valence-corrected chi connectivity index (χ2v) is 8.86. The Morgan fingerprint density at radius 3 is 2.38 bits per heavy atom. The van der Waals surface area contributed by atoms with Gasteiger partial charge in [-0.25, -0.2) is 0 Å². The third-order valence-corrected chi connectivity index (χ3v) is 7.59. The molecular weight excluding hydrogens is 400 g/mol. The first-order chi connectivity index (χ1) is 12.4. The highest BCUT2D eigenvalue weighted by atomic mass is 35.5. The summed E-state index contributed by atoms with van der Waals surface area (Å²) in [7, 11) is -5.53. The summed E-state index contributed by atoms with van der Waals surface area (Å²) in [5, 5.41) is 11.4. The predicted molar refractivity (Wildman–Crippen MR) is 101 cm³/mol. The van der Waals surface area contributed by atoms with Crippen LogP contribution in [0.4, 0.5) is 5.69 Å². The van der Waals surface area contributed by atoms with Crippen LogP contribution in [0.1, 0.15) is 6.92 Å². The third-order valence-electron chi connectivity index (χ3n) is 3.23. The number of hydrogen-bond donors (Lipinski definition) is 0. The Balaban J connectivity index is 2.68. The van der Waals surface area contributed by atoms with Crippen molar-refractivity contribution < 1.29 is 18.1 Å². The molecule has 2 aromatic carbocycles. The third kappa shape index (κ3) is 4.88. The Morgan fingerprint density at radius 1 is 1.19 bits per heavy atom. The van der Waals surface area contributed by atoms with Crippen molar-refractivity contribution in [3.05, 3.63) is 64.7 Å². The van der Waals surface area contributed by atoms with E-state index in [2.05, 4.69) is 3.77 Å². The van der Waals surface area contributed by atoms with Gasteiger partial charge in [-0.05, 0) is 35.8 Å². The Hall–Kier alpha value is -1.81. The molecule has 2 aromatic rings. The number of nitro benzene ring substituents is 1. The van der Waals surface area contributed by atoms with E-state index < -0.39 is 31.1 Å². The van der Waals surface area contributed by atoms with Gasteiger partial charge in [0.2, 0.25) is 0 Å². The molecule has 0 amide bonds. The molecule has 0 N–H and O–H groups in total. The van der Waals surface area contributed by atoms with Gasteiger partial charge in [0, 0.05) is 12.7 Å². The molecule has 7 nitrogen and oxygen atoms in total. The maximum Gasteiger partial charge on any atom is 0.288 e. The van der Waals surface area contributed by atoms with Crippen LogP contribution in [-0.4, -0.2) is 31.3 Å². The quantitative estimate of drug-likeness (QED) is 0.370. The predicted octanol–water partition coefficient (Wildman–Crippen LogP) is 3.75. The second kappa shape index (κ2) is 9.22. The van der Waals surface area contributed by atoms with E-state index in [1.165, 1.54) is 30.3 Å². The highest BCUT2D eigenvalue weighted by Crippen LogP contribution is 2.28. The van der Waals surface area contributed by atoms with Crippen LogP contribution in [0.5, 0.6) is 0 Å². The van der Waals surface area contributed by atoms with Crippen molar-refractivity contribution in [2.45, 2.75) is 22.2 Å². The highest BCUT2D eigenvalue weighted by Gasteiger charge is 2.26. The van der Waals surface area contributed by atoms with Crippen molar-refractivity contribution in [1.82, 2.24) is 0 Å². The van der Waals surface area contributed by atoms with Gasteiger partial charge in [0.15, 0.2) is 0 Å². The Morgan fingerprint density at radius 2 is 1.81 bits per heavy atom. The number of benzene rings is 2. The van der Waals surface area contributed by atoms with Crippen molar-refractivity contribution in [3.63, 3.8) is 0 Å². The van der Waals surface area contributed by atoms with Crippen molar-refractivity contribution >= 4 is 38.0 Å². The van der Waals surface area contributed by atoms with Gasteiger partial charge in [-0.15, -0.1) is 15.4 Å². The van der Waals surface area contributed by atoms with Crippen LogP contribution >= 0.6 is 11.6 Å². The maximum atomic E-state index is 12.7. The van der Waals surface area contributed by atoms with Crippen molar-refractivity contribution in [2.75, 3.05) is 12.5 Å². The molecule has 2 rings (SSSR count). The molecular formula is C16H17ClN2O5S2. The molecule has 2 atom stereocenters. The van der Waals surface area contributed by atoms with Crippen LogP contribution in [0, 0.1) is 10.1 Å². The summed E-state index contributed by atoms with van der Waals surface area (Å²) in [6, 6.07) is 13.5. The first-order valence-corrected chi connectivity index (χ1v) is 10.8. The first-order valence-electron chi connectivity index (χ1n) is 7.58. The van der Waals surface area contributed by atoms with Crippen LogP contribution in [0.25, 0.3) is 0 Å². The van der Waals surface area contributed by atoms with Crippen molar-refractivity contribution in [2.24, 2.45) is 3.77 Å². The van der Waals surface area contributed by atoms with Crippen LogP contribution < -0.4 is 0 Å². The molecule has 0 aliphatic carbocycles. The first kappa shape index (κ1) is 20.5. The number of para-hydroxylation sites is 1. The van der Waals surface area contributed by atoms with E-state index in [1.807, 2.05) is 0 Å². The van der Waals surface area contributed by atoms with E-state index in [-0.39, 0.29) is 28.0 Å². The molecule has 0 fully saturated rings. The minimum Gasteiger partial charge on any atom is -0.365 e. The van der Waals surface area contributed by atoms with Crippen molar-refractivity contribution in [3.8, 4) is 0 Å². The second-order valence-electron chi connectivity index (χ2n) is 4.94. The molecule has 0 aromatic heterocycles. The molecule has 0 radical (unpaired) electrons. The molecule has 0 saturated heterocycles. The van der Waals surface area contributed by atoms with Crippen LogP contribution in [0.3, 0.4) is 0 Å². The lowest BCUT2D eigenvalue weighted by molar-refractivity contribution is -0.387. The Labute approximate surface area is 159 Å². The zero-order valence-electron chi connectivity index (χ0n) is 13.8. The van der Waals surface area contributed by atoms with Gasteiger partial charge in [-0.1, -0.05) is 30.3 Å². The maximum absolute atomic E-state index is 12.7. The molecule has 0 aliphatic heterocycles. The fraction of sp³-hybridized carbons (Fsp3) is 0.250. The SMILES string of the molecule is CCO[C@H](CCl)S(=NS(=O)(=O)c1ccccc1)c1ccccc1[N+](=O)[O-]. The minimum atomic E-state index is -4.05. The van der Waals surface area contributed by atoms with E-state index in [0.717, 1.165) is 0 Å². The van der Waals surface area contributed by atoms with Crippen LogP contribution in [0.2, 0.25) is 0 Å². The van der Waals surface area contributed by atoms with E-state index >= 15 is 0 Å². The summed E-state index contributed by atoms with van der Waals surface area (Å²) in [4.78, 5) is 11.0. The molecule has 0 aliphatic rings. The number of alkyl halides is 1. The monoisotopic (exact) mass is 416 g/mol. The summed E-state index contributed by atoms with van der Waals surface area (Å²) in [5.74, 6) is -0.0587. The normalized spacial score (nSPS) is 14.1. The zero-order chi connectivity index (χ0) is 19.2. The van der Waals surface area contributed by atoms with Gasteiger partial charge in [0.25, 0.3) is 15.7 Å². The molecule has 140 valence electrons. The van der Waals surface area contributed by atoms with Gasteiger partial charge in [-0.2, -0.15) is 8.42 Å². The number of nitrogens with zero attached hydrogens (tertiary/aromatic N) is 2. The zero-order valence-corrected chi connectivity index (χ0v) is 16.2. The summed E-state index contributed by atoms with van der Waals surface area (Å²) < 4.78 is 34.9. The van der Waals surface area contributed by atoms with Crippen molar-refractivity contribution in [1.29, 1.82) is 0 Å². The van der Waals surface area contributed by atoms with E-state index in [0.29, 0.717) is 0 Å². The molecule has 0 spiro atoms. The fourth-order valence-electron chi connectivity index (χ4n) is 2.11. The van der Waals surface area contributed by atoms with Gasteiger partial charge < -0.3 is 4.74 Å². The molecule has 10 heteroatoms. The van der Waals surface area contributed by atoms with Crippen LogP contribution in [-0.2, 0) is 25.5 Å². The number of nitro groups is 1. The van der Waals surface area contributed by atoms with Gasteiger partial charge in [0.1, 0.15) is 5.44 Å². The molecule has 0 saturated carbocycles. The average Bonchev–Trinajstić information content (AvgIpc) is 2.65. The van der Waals surface area contributed by atoms with Gasteiger partial charge >= 0.3 is 0 Å². The molecule has 26 heavy (non-hydrogen) atoms. The smallest absolute Gasteiger partial charge is 0.288 e.